The second-order valence-corrected chi connectivity index (χ2v) is 9.88. The Morgan fingerprint density at radius 2 is 1.84 bits per heavy atom. The Bertz CT molecular complexity index is 1290. The summed E-state index contributed by atoms with van der Waals surface area (Å²) in [6.07, 6.45) is 0.318. The zero-order valence-electron chi connectivity index (χ0n) is 18.2. The number of hydrogen-bond acceptors (Lipinski definition) is 5. The minimum atomic E-state index is -4.04. The van der Waals surface area contributed by atoms with Crippen LogP contribution in [0.25, 0.3) is 11.1 Å². The lowest BCUT2D eigenvalue weighted by Crippen LogP contribution is -2.44. The number of aromatic nitrogens is 1. The maximum absolute atomic E-state index is 13.0. The summed E-state index contributed by atoms with van der Waals surface area (Å²) in [6, 6.07) is 8.89. The van der Waals surface area contributed by atoms with Gasteiger partial charge in [0, 0.05) is 18.8 Å². The van der Waals surface area contributed by atoms with E-state index in [0.717, 1.165) is 11.1 Å². The highest BCUT2D eigenvalue weighted by molar-refractivity contribution is 7.89. The van der Waals surface area contributed by atoms with E-state index in [1.165, 1.54) is 29.8 Å². The zero-order chi connectivity index (χ0) is 22.9. The molecule has 0 aliphatic heterocycles. The first-order valence-electron chi connectivity index (χ1n) is 9.98. The Morgan fingerprint density at radius 3 is 2.52 bits per heavy atom. The van der Waals surface area contributed by atoms with E-state index >= 15 is 0 Å². The normalized spacial score (nSPS) is 13.0. The molecule has 31 heavy (non-hydrogen) atoms. The first kappa shape index (κ1) is 22.8. The van der Waals surface area contributed by atoms with E-state index in [1.807, 2.05) is 45.9 Å². The summed E-state index contributed by atoms with van der Waals surface area (Å²) in [5, 5.41) is 2.84. The Balaban J connectivity index is 1.89. The minimum Gasteiger partial charge on any atom is -0.408 e. The van der Waals surface area contributed by atoms with Crippen molar-refractivity contribution in [1.29, 1.82) is 0 Å². The van der Waals surface area contributed by atoms with Gasteiger partial charge in [0.25, 0.3) is 0 Å². The van der Waals surface area contributed by atoms with Crippen molar-refractivity contribution >= 4 is 32.7 Å². The van der Waals surface area contributed by atoms with Crippen LogP contribution < -0.4 is 15.8 Å². The summed E-state index contributed by atoms with van der Waals surface area (Å²) >= 11 is 0. The van der Waals surface area contributed by atoms with E-state index in [-0.39, 0.29) is 16.4 Å². The van der Waals surface area contributed by atoms with Gasteiger partial charge in [0.15, 0.2) is 5.58 Å². The molecule has 0 aliphatic carbocycles. The van der Waals surface area contributed by atoms with Crippen LogP contribution in [0.15, 0.2) is 50.5 Å². The van der Waals surface area contributed by atoms with Gasteiger partial charge in [-0.15, -0.1) is 0 Å². The molecule has 2 N–H and O–H groups in total. The van der Waals surface area contributed by atoms with Crippen LogP contribution in [0.2, 0.25) is 0 Å². The van der Waals surface area contributed by atoms with Crippen molar-refractivity contribution in [3.05, 3.63) is 58.1 Å². The van der Waals surface area contributed by atoms with E-state index in [1.54, 1.807) is 0 Å². The molecule has 9 heteroatoms. The van der Waals surface area contributed by atoms with Crippen LogP contribution in [0.1, 0.15) is 31.4 Å². The number of benzene rings is 2. The van der Waals surface area contributed by atoms with Gasteiger partial charge in [-0.05, 0) is 55.5 Å². The van der Waals surface area contributed by atoms with Crippen LogP contribution in [-0.2, 0) is 21.9 Å². The Labute approximate surface area is 181 Å². The lowest BCUT2D eigenvalue weighted by Gasteiger charge is -2.21. The Kier molecular flexibility index (Phi) is 6.38. The molecular formula is C22H27N3O5S. The van der Waals surface area contributed by atoms with E-state index < -0.39 is 27.7 Å². The minimum absolute atomic E-state index is 0.0756. The van der Waals surface area contributed by atoms with Crippen molar-refractivity contribution in [2.75, 3.05) is 5.32 Å². The molecule has 0 radical (unpaired) electrons. The van der Waals surface area contributed by atoms with E-state index in [0.29, 0.717) is 17.6 Å². The molecule has 3 aromatic rings. The molecule has 0 spiro atoms. The number of carbonyl (C=O) groups excluding carboxylic acids is 1. The monoisotopic (exact) mass is 445 g/mol. The number of rotatable bonds is 7. The van der Waals surface area contributed by atoms with Crippen LogP contribution in [0.5, 0.6) is 0 Å². The molecule has 1 heterocycles. The molecule has 0 bridgehead atoms. The molecule has 0 saturated heterocycles. The molecule has 3 rings (SSSR count). The summed E-state index contributed by atoms with van der Waals surface area (Å²) in [5.41, 5.74) is 3.16. The molecule has 0 saturated carbocycles. The summed E-state index contributed by atoms with van der Waals surface area (Å²) in [7, 11) is -2.50. The van der Waals surface area contributed by atoms with Crippen molar-refractivity contribution in [2.24, 2.45) is 13.0 Å². The number of fused-ring (bicyclic) bond motifs is 1. The summed E-state index contributed by atoms with van der Waals surface area (Å²) in [5.74, 6) is -0.937. The van der Waals surface area contributed by atoms with Crippen molar-refractivity contribution in [1.82, 2.24) is 9.29 Å². The van der Waals surface area contributed by atoms with Gasteiger partial charge in [-0.3, -0.25) is 9.36 Å². The molecule has 0 aliphatic rings. The quantitative estimate of drug-likeness (QED) is 0.581. The largest absolute Gasteiger partial charge is 0.419 e. The van der Waals surface area contributed by atoms with Gasteiger partial charge >= 0.3 is 5.76 Å². The summed E-state index contributed by atoms with van der Waals surface area (Å²) in [6.45, 7) is 7.62. The third kappa shape index (κ3) is 5.05. The fraction of sp³-hybridized carbons (Fsp3) is 0.364. The molecular weight excluding hydrogens is 418 g/mol. The van der Waals surface area contributed by atoms with Crippen LogP contribution in [0.4, 0.5) is 5.69 Å². The summed E-state index contributed by atoms with van der Waals surface area (Å²) in [4.78, 5) is 24.6. The number of nitrogens with one attached hydrogen (secondary N) is 2. The van der Waals surface area contributed by atoms with Crippen molar-refractivity contribution < 1.29 is 17.6 Å². The topological polar surface area (TPSA) is 110 Å². The molecule has 8 nitrogen and oxygen atoms in total. The third-order valence-electron chi connectivity index (χ3n) is 5.05. The highest BCUT2D eigenvalue weighted by atomic mass is 32.2. The average molecular weight is 446 g/mol. The van der Waals surface area contributed by atoms with Gasteiger partial charge in [0.2, 0.25) is 15.9 Å². The second kappa shape index (κ2) is 8.68. The fourth-order valence-electron chi connectivity index (χ4n) is 3.31. The first-order chi connectivity index (χ1) is 14.5. The first-order valence-corrected chi connectivity index (χ1v) is 11.5. The molecule has 0 unspecified atom stereocenters. The van der Waals surface area contributed by atoms with E-state index in [9.17, 15) is 18.0 Å². The van der Waals surface area contributed by atoms with Gasteiger partial charge in [-0.25, -0.2) is 13.2 Å². The number of oxazole rings is 1. The lowest BCUT2D eigenvalue weighted by atomic mass is 10.0. The number of amides is 1. The van der Waals surface area contributed by atoms with E-state index in [4.69, 9.17) is 4.42 Å². The number of sulfonamides is 1. The van der Waals surface area contributed by atoms with Crippen molar-refractivity contribution in [3.63, 3.8) is 0 Å². The number of aryl methyl sites for hydroxylation is 3. The molecule has 1 atom stereocenters. The Morgan fingerprint density at radius 1 is 1.13 bits per heavy atom. The highest BCUT2D eigenvalue weighted by Crippen LogP contribution is 2.21. The van der Waals surface area contributed by atoms with Crippen LogP contribution in [-0.4, -0.2) is 24.9 Å². The second-order valence-electron chi connectivity index (χ2n) is 8.17. The lowest BCUT2D eigenvalue weighted by molar-refractivity contribution is -0.118. The average Bonchev–Trinajstić information content (AvgIpc) is 2.97. The molecule has 1 aromatic heterocycles. The van der Waals surface area contributed by atoms with Crippen LogP contribution >= 0.6 is 0 Å². The predicted octanol–water partition coefficient (Wildman–Crippen LogP) is 3.08. The van der Waals surface area contributed by atoms with Gasteiger partial charge in [-0.1, -0.05) is 26.0 Å². The molecule has 166 valence electrons. The predicted molar refractivity (Wildman–Crippen MR) is 120 cm³/mol. The number of hydrogen-bond donors (Lipinski definition) is 2. The van der Waals surface area contributed by atoms with Crippen LogP contribution in [0, 0.1) is 19.8 Å². The SMILES string of the molecule is Cc1ccc(C)c(NC(=O)[C@H](CC(C)C)NS(=O)(=O)c2ccc3c(c2)oc(=O)n3C)c1. The van der Waals surface area contributed by atoms with Gasteiger partial charge in [0.1, 0.15) is 6.04 Å². The number of nitrogens with zero attached hydrogens (tertiary/aromatic N) is 1. The standard InChI is InChI=1S/C22H27N3O5S/c1-13(2)10-18(21(26)23-17-11-14(3)6-7-15(17)4)24-31(28,29)16-8-9-19-20(12-16)30-22(27)25(19)5/h6-9,11-13,18,24H,10H2,1-5H3,(H,23,26)/t18-/m0/s1. The van der Waals surface area contributed by atoms with Crippen LogP contribution in [0.3, 0.4) is 0 Å². The highest BCUT2D eigenvalue weighted by Gasteiger charge is 2.27. The maximum atomic E-state index is 13.0. The van der Waals surface area contributed by atoms with Gasteiger partial charge in [0.05, 0.1) is 10.4 Å². The molecule has 0 fully saturated rings. The zero-order valence-corrected chi connectivity index (χ0v) is 19.0. The smallest absolute Gasteiger partial charge is 0.408 e. The fourth-order valence-corrected chi connectivity index (χ4v) is 4.53. The van der Waals surface area contributed by atoms with Crippen molar-refractivity contribution in [3.8, 4) is 0 Å². The van der Waals surface area contributed by atoms with E-state index in [2.05, 4.69) is 10.0 Å². The Hall–Kier alpha value is -2.91. The molecule has 2 aromatic carbocycles. The van der Waals surface area contributed by atoms with Gasteiger partial charge < -0.3 is 9.73 Å². The maximum Gasteiger partial charge on any atom is 0.419 e. The number of anilines is 1. The third-order valence-corrected chi connectivity index (χ3v) is 6.52. The van der Waals surface area contributed by atoms with Crippen molar-refractivity contribution in [2.45, 2.75) is 45.1 Å². The number of carbonyl (C=O) groups is 1. The summed E-state index contributed by atoms with van der Waals surface area (Å²) < 4.78 is 34.9. The molecule has 1 amide bonds. The van der Waals surface area contributed by atoms with Gasteiger partial charge in [-0.2, -0.15) is 4.72 Å².